The van der Waals surface area contributed by atoms with Crippen molar-refractivity contribution in [2.75, 3.05) is 13.7 Å². The van der Waals surface area contributed by atoms with Gasteiger partial charge in [-0.15, -0.1) is 0 Å². The molecule has 0 aromatic carbocycles. The molecule has 9 nitrogen and oxygen atoms in total. The number of fused-ring (bicyclic) bond motifs is 2. The third-order valence-electron chi connectivity index (χ3n) is 4.61. The molecule has 0 aliphatic carbocycles. The Morgan fingerprint density at radius 2 is 2.04 bits per heavy atom. The molecule has 1 aliphatic heterocycles. The van der Waals surface area contributed by atoms with E-state index in [1.807, 2.05) is 20.8 Å². The van der Waals surface area contributed by atoms with E-state index in [9.17, 15) is 19.5 Å². The number of aliphatic carboxylic acids is 1. The fourth-order valence-corrected chi connectivity index (χ4v) is 3.27. The van der Waals surface area contributed by atoms with Crippen LogP contribution < -0.4 is 5.56 Å². The van der Waals surface area contributed by atoms with E-state index in [1.54, 1.807) is 6.07 Å². The normalized spacial score (nSPS) is 15.1. The van der Waals surface area contributed by atoms with Crippen molar-refractivity contribution in [3.63, 3.8) is 0 Å². The van der Waals surface area contributed by atoms with Crippen molar-refractivity contribution in [2.24, 2.45) is 0 Å². The second kappa shape index (κ2) is 6.56. The topological polar surface area (TPSA) is 106 Å². The van der Waals surface area contributed by atoms with Crippen LogP contribution in [0.25, 0.3) is 5.65 Å². The second-order valence-electron chi connectivity index (χ2n) is 6.84. The molecule has 3 rings (SSSR count). The molecule has 2 aromatic rings. The lowest BCUT2D eigenvalue weighted by molar-refractivity contribution is -0.137. The molecular formula is C17H22N4O5. The maximum absolute atomic E-state index is 12.9. The molecule has 140 valence electrons. The first-order valence-corrected chi connectivity index (χ1v) is 8.43. The van der Waals surface area contributed by atoms with E-state index in [0.29, 0.717) is 17.9 Å². The van der Waals surface area contributed by atoms with Crippen LogP contribution >= 0.6 is 0 Å². The van der Waals surface area contributed by atoms with Crippen molar-refractivity contribution in [1.29, 1.82) is 0 Å². The summed E-state index contributed by atoms with van der Waals surface area (Å²) in [5.74, 6) is -1.39. The van der Waals surface area contributed by atoms with Crippen LogP contribution in [0.1, 0.15) is 48.4 Å². The number of rotatable bonds is 6. The van der Waals surface area contributed by atoms with Gasteiger partial charge in [-0.25, -0.2) is 0 Å². The van der Waals surface area contributed by atoms with Gasteiger partial charge in [-0.2, -0.15) is 9.61 Å². The predicted octanol–water partition coefficient (Wildman–Crippen LogP) is 0.695. The molecule has 2 aromatic heterocycles. The minimum atomic E-state index is -1.10. The predicted molar refractivity (Wildman–Crippen MR) is 92.4 cm³/mol. The maximum atomic E-state index is 12.9. The monoisotopic (exact) mass is 362 g/mol. The summed E-state index contributed by atoms with van der Waals surface area (Å²) in [7, 11) is 1.54. The zero-order valence-corrected chi connectivity index (χ0v) is 15.2. The molecule has 0 fully saturated rings. The molecule has 3 heterocycles. The summed E-state index contributed by atoms with van der Waals surface area (Å²) in [4.78, 5) is 38.7. The van der Waals surface area contributed by atoms with Gasteiger partial charge in [0.15, 0.2) is 0 Å². The van der Waals surface area contributed by atoms with Crippen molar-refractivity contribution >= 4 is 17.5 Å². The number of hydrogen-bond donors (Lipinski definition) is 1. The lowest BCUT2D eigenvalue weighted by Gasteiger charge is -2.23. The number of nitrogens with zero attached hydrogens (tertiary/aromatic N) is 4. The van der Waals surface area contributed by atoms with Gasteiger partial charge in [-0.05, 0) is 12.8 Å². The van der Waals surface area contributed by atoms with Crippen molar-refractivity contribution in [2.45, 2.75) is 45.8 Å². The van der Waals surface area contributed by atoms with E-state index in [-0.39, 0.29) is 41.2 Å². The van der Waals surface area contributed by atoms with Gasteiger partial charge in [0, 0.05) is 13.2 Å². The van der Waals surface area contributed by atoms with Gasteiger partial charge in [0.05, 0.1) is 30.5 Å². The van der Waals surface area contributed by atoms with Gasteiger partial charge in [0.1, 0.15) is 17.9 Å². The van der Waals surface area contributed by atoms with E-state index in [2.05, 4.69) is 5.10 Å². The average molecular weight is 362 g/mol. The number of aromatic nitrogens is 3. The van der Waals surface area contributed by atoms with Crippen LogP contribution in [0.5, 0.6) is 0 Å². The zero-order chi connectivity index (χ0) is 19.2. The Morgan fingerprint density at radius 3 is 2.62 bits per heavy atom. The van der Waals surface area contributed by atoms with Gasteiger partial charge in [-0.1, -0.05) is 13.8 Å². The highest BCUT2D eigenvalue weighted by molar-refractivity contribution is 5.97. The maximum Gasteiger partial charge on any atom is 0.323 e. The van der Waals surface area contributed by atoms with Crippen molar-refractivity contribution in [3.05, 3.63) is 33.4 Å². The fourth-order valence-electron chi connectivity index (χ4n) is 3.27. The number of amides is 1. The number of ether oxygens (including phenoxy) is 1. The van der Waals surface area contributed by atoms with Crippen LogP contribution in [-0.2, 0) is 22.6 Å². The lowest BCUT2D eigenvalue weighted by atomic mass is 10.1. The summed E-state index contributed by atoms with van der Waals surface area (Å²) in [6.45, 7) is 5.70. The number of hydrogen-bond acceptors (Lipinski definition) is 5. The number of carboxylic acid groups (broad SMARTS) is 1. The minimum Gasteiger partial charge on any atom is -0.480 e. The van der Waals surface area contributed by atoms with E-state index in [4.69, 9.17) is 4.74 Å². The molecule has 0 unspecified atom stereocenters. The summed E-state index contributed by atoms with van der Waals surface area (Å²) < 4.78 is 7.68. The van der Waals surface area contributed by atoms with Crippen LogP contribution in [-0.4, -0.2) is 55.8 Å². The Balaban J connectivity index is 2.24. The second-order valence-corrected chi connectivity index (χ2v) is 6.84. The summed E-state index contributed by atoms with van der Waals surface area (Å²) in [5.41, 5.74) is 0.994. The van der Waals surface area contributed by atoms with Crippen LogP contribution in [0.2, 0.25) is 0 Å². The molecule has 1 aliphatic rings. The third kappa shape index (κ3) is 2.78. The smallest absolute Gasteiger partial charge is 0.323 e. The Bertz CT molecular complexity index is 943. The van der Waals surface area contributed by atoms with Gasteiger partial charge in [0.25, 0.3) is 11.5 Å². The van der Waals surface area contributed by atoms with E-state index in [1.165, 1.54) is 21.1 Å². The highest BCUT2D eigenvalue weighted by Crippen LogP contribution is 2.25. The van der Waals surface area contributed by atoms with Gasteiger partial charge >= 0.3 is 5.97 Å². The third-order valence-corrected chi connectivity index (χ3v) is 4.61. The summed E-state index contributed by atoms with van der Waals surface area (Å²) in [6.07, 6.45) is 0. The van der Waals surface area contributed by atoms with E-state index < -0.39 is 12.5 Å². The first-order valence-electron chi connectivity index (χ1n) is 8.43. The standard InChI is InChI=1S/C17H22N4O5/c1-9(2)12-5-13-20(7-14(22)23)15-11(16(24)21(13)18-12)6-19(17(15)25)10(3)8-26-4/h5,9-10H,6-8H2,1-4H3,(H,22,23)/t10-/m0/s1. The van der Waals surface area contributed by atoms with Crippen molar-refractivity contribution < 1.29 is 19.4 Å². The highest BCUT2D eigenvalue weighted by atomic mass is 16.5. The summed E-state index contributed by atoms with van der Waals surface area (Å²) in [5, 5.41) is 13.6. The molecule has 1 N–H and O–H groups in total. The van der Waals surface area contributed by atoms with Gasteiger partial charge < -0.3 is 19.3 Å². The van der Waals surface area contributed by atoms with Crippen LogP contribution in [0.15, 0.2) is 10.9 Å². The number of carbonyl (C=O) groups is 2. The Labute approximate surface area is 149 Å². The number of methoxy groups -OCH3 is 1. The average Bonchev–Trinajstić information content (AvgIpc) is 3.14. The Hall–Kier alpha value is -2.68. The molecule has 9 heteroatoms. The minimum absolute atomic E-state index is 0.0661. The molecule has 1 amide bonds. The van der Waals surface area contributed by atoms with E-state index in [0.717, 1.165) is 0 Å². The molecule has 0 saturated heterocycles. The molecule has 26 heavy (non-hydrogen) atoms. The molecule has 0 spiro atoms. The van der Waals surface area contributed by atoms with E-state index >= 15 is 0 Å². The molecule has 1 atom stereocenters. The number of carbonyl (C=O) groups excluding carboxylic acids is 1. The first kappa shape index (κ1) is 18.1. The highest BCUT2D eigenvalue weighted by Gasteiger charge is 2.37. The molecule has 0 bridgehead atoms. The molecule has 0 radical (unpaired) electrons. The zero-order valence-electron chi connectivity index (χ0n) is 15.2. The fraction of sp³-hybridized carbons (Fsp3) is 0.529. The van der Waals surface area contributed by atoms with Crippen LogP contribution in [0.3, 0.4) is 0 Å². The first-order chi connectivity index (χ1) is 12.3. The Kier molecular flexibility index (Phi) is 4.57. The summed E-state index contributed by atoms with van der Waals surface area (Å²) in [6, 6.07) is 1.43. The molecule has 0 saturated carbocycles. The van der Waals surface area contributed by atoms with Gasteiger partial charge in [0.2, 0.25) is 0 Å². The van der Waals surface area contributed by atoms with Crippen molar-refractivity contribution in [1.82, 2.24) is 19.1 Å². The number of carboxylic acids is 1. The Morgan fingerprint density at radius 1 is 1.35 bits per heavy atom. The van der Waals surface area contributed by atoms with Crippen LogP contribution in [0.4, 0.5) is 0 Å². The largest absolute Gasteiger partial charge is 0.480 e. The lowest BCUT2D eigenvalue weighted by Crippen LogP contribution is -2.37. The van der Waals surface area contributed by atoms with Crippen LogP contribution in [0, 0.1) is 0 Å². The van der Waals surface area contributed by atoms with Gasteiger partial charge in [-0.3, -0.25) is 14.4 Å². The molecular weight excluding hydrogens is 340 g/mol. The van der Waals surface area contributed by atoms with Crippen molar-refractivity contribution in [3.8, 4) is 0 Å². The SMILES string of the molecule is COC[C@H](C)N1Cc2c(n(CC(=O)O)c3cc(C(C)C)nn3c2=O)C1=O. The summed E-state index contributed by atoms with van der Waals surface area (Å²) >= 11 is 0. The quantitative estimate of drug-likeness (QED) is 0.811.